The van der Waals surface area contributed by atoms with Crippen LogP contribution < -0.4 is 11.1 Å². The molecule has 0 unspecified atom stereocenters. The lowest BCUT2D eigenvalue weighted by molar-refractivity contribution is -0.145. The predicted octanol–water partition coefficient (Wildman–Crippen LogP) is -1.14. The van der Waals surface area contributed by atoms with Crippen LogP contribution in [0.1, 0.15) is 19.8 Å². The Hall–Kier alpha value is -1.63. The maximum atomic E-state index is 11.4. The summed E-state index contributed by atoms with van der Waals surface area (Å²) in [6.07, 6.45) is -0.137. The highest BCUT2D eigenvalue weighted by molar-refractivity contribution is 5.89. The minimum Gasteiger partial charge on any atom is -0.481 e. The van der Waals surface area contributed by atoms with E-state index in [1.165, 1.54) is 7.11 Å². The molecule has 0 spiro atoms. The molecule has 0 saturated carbocycles. The molecule has 0 rings (SSSR count). The number of nitrogens with one attached hydrogen (secondary N) is 1. The quantitative estimate of drug-likeness (QED) is 0.498. The Morgan fingerprint density at radius 3 is 2.38 bits per heavy atom. The van der Waals surface area contributed by atoms with E-state index in [1.807, 2.05) is 0 Å². The van der Waals surface area contributed by atoms with E-state index in [0.29, 0.717) is 6.42 Å². The fourth-order valence-electron chi connectivity index (χ4n) is 1.03. The van der Waals surface area contributed by atoms with Gasteiger partial charge in [0.2, 0.25) is 5.91 Å². The van der Waals surface area contributed by atoms with Gasteiger partial charge in [-0.3, -0.25) is 9.59 Å². The molecule has 0 aliphatic rings. The number of rotatable bonds is 6. The lowest BCUT2D eigenvalue weighted by Gasteiger charge is -2.16. The minimum absolute atomic E-state index is 0.345. The van der Waals surface area contributed by atoms with E-state index in [0.717, 1.165) is 0 Å². The number of amides is 1. The van der Waals surface area contributed by atoms with E-state index in [9.17, 15) is 14.4 Å². The molecule has 2 atom stereocenters. The molecule has 7 heteroatoms. The van der Waals surface area contributed by atoms with Crippen molar-refractivity contribution in [3.05, 3.63) is 0 Å². The second kappa shape index (κ2) is 6.78. The van der Waals surface area contributed by atoms with E-state index in [-0.39, 0.29) is 0 Å². The second-order valence-electron chi connectivity index (χ2n) is 3.20. The normalized spacial score (nSPS) is 13.7. The number of ether oxygens (including phenoxy) is 1. The van der Waals surface area contributed by atoms with Gasteiger partial charge < -0.3 is 20.9 Å². The van der Waals surface area contributed by atoms with Gasteiger partial charge in [0.15, 0.2) is 0 Å². The van der Waals surface area contributed by atoms with Crippen LogP contribution in [0, 0.1) is 0 Å². The van der Waals surface area contributed by atoms with Gasteiger partial charge in [0.25, 0.3) is 0 Å². The van der Waals surface area contributed by atoms with Crippen molar-refractivity contribution in [3.8, 4) is 0 Å². The molecule has 0 aliphatic carbocycles. The highest BCUT2D eigenvalue weighted by Gasteiger charge is 2.23. The third-order valence-corrected chi connectivity index (χ3v) is 1.94. The van der Waals surface area contributed by atoms with Crippen molar-refractivity contribution >= 4 is 17.8 Å². The number of hydrogen-bond donors (Lipinski definition) is 3. The molecule has 0 fully saturated rings. The zero-order chi connectivity index (χ0) is 12.7. The van der Waals surface area contributed by atoms with Crippen LogP contribution in [-0.2, 0) is 19.1 Å². The Labute approximate surface area is 92.9 Å². The number of carbonyl (C=O) groups is 3. The van der Waals surface area contributed by atoms with Gasteiger partial charge in [0.05, 0.1) is 19.6 Å². The number of aliphatic carboxylic acids is 1. The smallest absolute Gasteiger partial charge is 0.328 e. The van der Waals surface area contributed by atoms with Crippen LogP contribution >= 0.6 is 0 Å². The van der Waals surface area contributed by atoms with Gasteiger partial charge in [-0.05, 0) is 6.42 Å². The van der Waals surface area contributed by atoms with Gasteiger partial charge in [-0.15, -0.1) is 0 Å². The number of methoxy groups -OCH3 is 1. The Morgan fingerprint density at radius 1 is 1.44 bits per heavy atom. The number of hydrogen-bond acceptors (Lipinski definition) is 5. The SMILES string of the molecule is CC[C@H](NC(=O)[C@@H](N)CC(=O)O)C(=O)OC. The van der Waals surface area contributed by atoms with Crippen molar-refractivity contribution in [1.29, 1.82) is 0 Å². The average Bonchev–Trinajstić information content (AvgIpc) is 2.23. The highest BCUT2D eigenvalue weighted by atomic mass is 16.5. The molecule has 0 heterocycles. The molecule has 4 N–H and O–H groups in total. The van der Waals surface area contributed by atoms with E-state index < -0.39 is 36.4 Å². The lowest BCUT2D eigenvalue weighted by Crippen LogP contribution is -2.49. The van der Waals surface area contributed by atoms with Crippen LogP contribution in [0.25, 0.3) is 0 Å². The number of carboxylic acids is 1. The zero-order valence-electron chi connectivity index (χ0n) is 9.23. The van der Waals surface area contributed by atoms with E-state index in [4.69, 9.17) is 10.8 Å². The molecule has 0 aromatic carbocycles. The van der Waals surface area contributed by atoms with Crippen LogP contribution in [-0.4, -0.2) is 42.1 Å². The molecule has 16 heavy (non-hydrogen) atoms. The summed E-state index contributed by atoms with van der Waals surface area (Å²) in [6.45, 7) is 1.69. The fourth-order valence-corrected chi connectivity index (χ4v) is 1.03. The van der Waals surface area contributed by atoms with Gasteiger partial charge in [0, 0.05) is 0 Å². The van der Waals surface area contributed by atoms with E-state index >= 15 is 0 Å². The van der Waals surface area contributed by atoms with Gasteiger partial charge in [-0.2, -0.15) is 0 Å². The largest absolute Gasteiger partial charge is 0.481 e. The van der Waals surface area contributed by atoms with E-state index in [1.54, 1.807) is 6.92 Å². The number of nitrogens with two attached hydrogens (primary N) is 1. The van der Waals surface area contributed by atoms with Crippen molar-refractivity contribution in [2.24, 2.45) is 5.73 Å². The van der Waals surface area contributed by atoms with Crippen LogP contribution in [0.4, 0.5) is 0 Å². The summed E-state index contributed by atoms with van der Waals surface area (Å²) in [7, 11) is 1.20. The Bertz CT molecular complexity index is 279. The van der Waals surface area contributed by atoms with Crippen molar-refractivity contribution in [3.63, 3.8) is 0 Å². The Morgan fingerprint density at radius 2 is 2.00 bits per heavy atom. The summed E-state index contributed by atoms with van der Waals surface area (Å²) in [4.78, 5) is 32.8. The zero-order valence-corrected chi connectivity index (χ0v) is 9.23. The predicted molar refractivity (Wildman–Crippen MR) is 54.5 cm³/mol. The standard InChI is InChI=1S/C9H16N2O5/c1-3-6(9(15)16-2)11-8(14)5(10)4-7(12)13/h5-6H,3-4,10H2,1-2H3,(H,11,14)(H,12,13)/t5-,6-/m0/s1. The molecule has 0 aliphatic heterocycles. The van der Waals surface area contributed by atoms with Crippen molar-refractivity contribution in [2.45, 2.75) is 31.8 Å². The number of esters is 1. The monoisotopic (exact) mass is 232 g/mol. The molecule has 7 nitrogen and oxygen atoms in total. The van der Waals surface area contributed by atoms with Crippen molar-refractivity contribution in [2.75, 3.05) is 7.11 Å². The highest BCUT2D eigenvalue weighted by Crippen LogP contribution is 1.96. The second-order valence-corrected chi connectivity index (χ2v) is 3.20. The lowest BCUT2D eigenvalue weighted by atomic mass is 10.1. The van der Waals surface area contributed by atoms with Gasteiger partial charge in [0.1, 0.15) is 6.04 Å². The molecular weight excluding hydrogens is 216 g/mol. The summed E-state index contributed by atoms with van der Waals surface area (Å²) >= 11 is 0. The summed E-state index contributed by atoms with van der Waals surface area (Å²) in [5.41, 5.74) is 5.32. The summed E-state index contributed by atoms with van der Waals surface area (Å²) in [6, 6.07) is -1.96. The minimum atomic E-state index is -1.17. The first-order valence-electron chi connectivity index (χ1n) is 4.77. The van der Waals surface area contributed by atoms with E-state index in [2.05, 4.69) is 10.1 Å². The van der Waals surface area contributed by atoms with Crippen LogP contribution in [0.3, 0.4) is 0 Å². The Balaban J connectivity index is 4.29. The molecule has 0 radical (unpaired) electrons. The van der Waals surface area contributed by atoms with Crippen LogP contribution in [0.5, 0.6) is 0 Å². The third kappa shape index (κ3) is 4.74. The summed E-state index contributed by atoms with van der Waals surface area (Å²) < 4.78 is 4.45. The summed E-state index contributed by atoms with van der Waals surface area (Å²) in [5.74, 6) is -2.44. The molecule has 0 aromatic heterocycles. The maximum Gasteiger partial charge on any atom is 0.328 e. The van der Waals surface area contributed by atoms with Crippen molar-refractivity contribution in [1.82, 2.24) is 5.32 Å². The third-order valence-electron chi connectivity index (χ3n) is 1.94. The topological polar surface area (TPSA) is 119 Å². The molecule has 0 saturated heterocycles. The van der Waals surface area contributed by atoms with Gasteiger partial charge >= 0.3 is 11.9 Å². The molecule has 1 amide bonds. The fraction of sp³-hybridized carbons (Fsp3) is 0.667. The average molecular weight is 232 g/mol. The maximum absolute atomic E-state index is 11.4. The number of carbonyl (C=O) groups excluding carboxylic acids is 2. The molecular formula is C9H16N2O5. The Kier molecular flexibility index (Phi) is 6.09. The van der Waals surface area contributed by atoms with Gasteiger partial charge in [-0.25, -0.2) is 4.79 Å². The first-order valence-corrected chi connectivity index (χ1v) is 4.77. The first kappa shape index (κ1) is 14.4. The van der Waals surface area contributed by atoms with Crippen LogP contribution in [0.2, 0.25) is 0 Å². The van der Waals surface area contributed by atoms with Crippen molar-refractivity contribution < 1.29 is 24.2 Å². The molecule has 92 valence electrons. The van der Waals surface area contributed by atoms with Crippen LogP contribution in [0.15, 0.2) is 0 Å². The molecule has 0 aromatic rings. The first-order chi connectivity index (χ1) is 7.42. The molecule has 0 bridgehead atoms. The summed E-state index contributed by atoms with van der Waals surface area (Å²) in [5, 5.41) is 10.7. The van der Waals surface area contributed by atoms with Gasteiger partial charge in [-0.1, -0.05) is 6.92 Å². The number of carboxylic acid groups (broad SMARTS) is 1.